The topological polar surface area (TPSA) is 12.0 Å². The lowest BCUT2D eigenvalue weighted by Crippen LogP contribution is -2.33. The van der Waals surface area contributed by atoms with E-state index in [-0.39, 0.29) is 11.7 Å². The molecule has 1 aliphatic carbocycles. The maximum absolute atomic E-state index is 13.7. The average molecular weight is 221 g/mol. The highest BCUT2D eigenvalue weighted by Crippen LogP contribution is 2.26. The van der Waals surface area contributed by atoms with Crippen LogP contribution in [-0.2, 0) is 0 Å². The van der Waals surface area contributed by atoms with Crippen LogP contribution in [0.5, 0.6) is 0 Å². The van der Waals surface area contributed by atoms with Gasteiger partial charge in [0.1, 0.15) is 5.82 Å². The standard InChI is InChI=1S/C14H20FN/c1-9-4-7-14(15)13(8-9)10(2)11(3)16-12-5-6-12/h4,7-8,10-12,16H,5-6H2,1-3H3. The van der Waals surface area contributed by atoms with E-state index in [9.17, 15) is 4.39 Å². The molecule has 2 heteroatoms. The molecule has 1 aromatic rings. The Kier molecular flexibility index (Phi) is 3.29. The van der Waals surface area contributed by atoms with Crippen LogP contribution in [0.15, 0.2) is 18.2 Å². The van der Waals surface area contributed by atoms with Crippen LogP contribution in [0.2, 0.25) is 0 Å². The predicted molar refractivity (Wildman–Crippen MR) is 65.2 cm³/mol. The van der Waals surface area contributed by atoms with Crippen LogP contribution in [0.4, 0.5) is 4.39 Å². The van der Waals surface area contributed by atoms with E-state index in [1.165, 1.54) is 12.8 Å². The Morgan fingerprint density at radius 2 is 2.00 bits per heavy atom. The monoisotopic (exact) mass is 221 g/mol. The molecule has 1 N–H and O–H groups in total. The molecule has 1 nitrogen and oxygen atoms in total. The van der Waals surface area contributed by atoms with Crippen molar-refractivity contribution in [2.75, 3.05) is 0 Å². The fourth-order valence-electron chi connectivity index (χ4n) is 2.05. The summed E-state index contributed by atoms with van der Waals surface area (Å²) in [5.74, 6) is 0.142. The molecule has 1 fully saturated rings. The lowest BCUT2D eigenvalue weighted by atomic mass is 9.92. The van der Waals surface area contributed by atoms with Gasteiger partial charge in [-0.25, -0.2) is 4.39 Å². The van der Waals surface area contributed by atoms with Gasteiger partial charge in [-0.2, -0.15) is 0 Å². The molecule has 0 aliphatic heterocycles. The van der Waals surface area contributed by atoms with E-state index in [0.29, 0.717) is 12.1 Å². The molecule has 0 heterocycles. The molecule has 2 atom stereocenters. The van der Waals surface area contributed by atoms with Gasteiger partial charge in [-0.3, -0.25) is 0 Å². The van der Waals surface area contributed by atoms with Crippen molar-refractivity contribution in [2.24, 2.45) is 0 Å². The minimum Gasteiger partial charge on any atom is -0.311 e. The molecule has 2 unspecified atom stereocenters. The number of nitrogens with one attached hydrogen (secondary N) is 1. The summed E-state index contributed by atoms with van der Waals surface area (Å²) in [4.78, 5) is 0. The Hall–Kier alpha value is -0.890. The summed E-state index contributed by atoms with van der Waals surface area (Å²) in [5, 5.41) is 3.53. The molecule has 0 radical (unpaired) electrons. The van der Waals surface area contributed by atoms with Crippen LogP contribution in [0, 0.1) is 12.7 Å². The summed E-state index contributed by atoms with van der Waals surface area (Å²) < 4.78 is 13.7. The summed E-state index contributed by atoms with van der Waals surface area (Å²) in [6, 6.07) is 6.37. The van der Waals surface area contributed by atoms with Gasteiger partial charge in [-0.15, -0.1) is 0 Å². The first kappa shape index (κ1) is 11.6. The average Bonchev–Trinajstić information content (AvgIpc) is 3.04. The quantitative estimate of drug-likeness (QED) is 0.822. The number of hydrogen-bond acceptors (Lipinski definition) is 1. The van der Waals surface area contributed by atoms with E-state index in [0.717, 1.165) is 11.1 Å². The molecule has 2 rings (SSSR count). The first-order chi connectivity index (χ1) is 7.58. The fraction of sp³-hybridized carbons (Fsp3) is 0.571. The second-order valence-electron chi connectivity index (χ2n) is 5.04. The zero-order chi connectivity index (χ0) is 11.7. The molecule has 88 valence electrons. The van der Waals surface area contributed by atoms with Crippen LogP contribution < -0.4 is 5.32 Å². The Labute approximate surface area is 97.1 Å². The smallest absolute Gasteiger partial charge is 0.126 e. The third kappa shape index (κ3) is 2.62. The Morgan fingerprint density at radius 3 is 2.62 bits per heavy atom. The van der Waals surface area contributed by atoms with Gasteiger partial charge in [-0.05, 0) is 44.2 Å². The molecule has 16 heavy (non-hydrogen) atoms. The molecular formula is C14H20FN. The largest absolute Gasteiger partial charge is 0.311 e. The van der Waals surface area contributed by atoms with E-state index in [1.807, 2.05) is 19.1 Å². The van der Waals surface area contributed by atoms with Crippen molar-refractivity contribution in [1.29, 1.82) is 0 Å². The number of aryl methyl sites for hydroxylation is 1. The van der Waals surface area contributed by atoms with Gasteiger partial charge in [0, 0.05) is 12.1 Å². The van der Waals surface area contributed by atoms with Crippen molar-refractivity contribution in [3.63, 3.8) is 0 Å². The van der Waals surface area contributed by atoms with E-state index in [1.54, 1.807) is 6.07 Å². The highest BCUT2D eigenvalue weighted by molar-refractivity contribution is 5.27. The van der Waals surface area contributed by atoms with E-state index in [2.05, 4.69) is 19.2 Å². The summed E-state index contributed by atoms with van der Waals surface area (Å²) in [5.41, 5.74) is 1.96. The van der Waals surface area contributed by atoms with E-state index in [4.69, 9.17) is 0 Å². The number of halogens is 1. The lowest BCUT2D eigenvalue weighted by molar-refractivity contribution is 0.462. The van der Waals surface area contributed by atoms with Crippen molar-refractivity contribution in [3.05, 3.63) is 35.1 Å². The summed E-state index contributed by atoms with van der Waals surface area (Å²) in [7, 11) is 0. The van der Waals surface area contributed by atoms with Crippen molar-refractivity contribution >= 4 is 0 Å². The van der Waals surface area contributed by atoms with Crippen LogP contribution in [-0.4, -0.2) is 12.1 Å². The minimum absolute atomic E-state index is 0.0810. The minimum atomic E-state index is -0.0810. The molecule has 0 saturated heterocycles. The van der Waals surface area contributed by atoms with Crippen LogP contribution in [0.25, 0.3) is 0 Å². The molecule has 0 aromatic heterocycles. The Morgan fingerprint density at radius 1 is 1.31 bits per heavy atom. The van der Waals surface area contributed by atoms with Crippen LogP contribution >= 0.6 is 0 Å². The first-order valence-corrected chi connectivity index (χ1v) is 6.10. The van der Waals surface area contributed by atoms with Crippen molar-refractivity contribution in [2.45, 2.75) is 51.6 Å². The van der Waals surface area contributed by atoms with E-state index >= 15 is 0 Å². The van der Waals surface area contributed by atoms with Gasteiger partial charge in [0.2, 0.25) is 0 Å². The SMILES string of the molecule is Cc1ccc(F)c(C(C)C(C)NC2CC2)c1. The third-order valence-electron chi connectivity index (χ3n) is 3.47. The normalized spacial score (nSPS) is 19.5. The molecule has 0 bridgehead atoms. The number of rotatable bonds is 4. The molecule has 1 aromatic carbocycles. The highest BCUT2D eigenvalue weighted by atomic mass is 19.1. The van der Waals surface area contributed by atoms with Crippen molar-refractivity contribution in [1.82, 2.24) is 5.32 Å². The first-order valence-electron chi connectivity index (χ1n) is 6.10. The number of hydrogen-bond donors (Lipinski definition) is 1. The molecule has 1 aliphatic rings. The third-order valence-corrected chi connectivity index (χ3v) is 3.47. The van der Waals surface area contributed by atoms with Crippen molar-refractivity contribution in [3.8, 4) is 0 Å². The maximum atomic E-state index is 13.7. The van der Waals surface area contributed by atoms with Crippen LogP contribution in [0.3, 0.4) is 0 Å². The maximum Gasteiger partial charge on any atom is 0.126 e. The highest BCUT2D eigenvalue weighted by Gasteiger charge is 2.26. The number of benzene rings is 1. The molecular weight excluding hydrogens is 201 g/mol. The van der Waals surface area contributed by atoms with Gasteiger partial charge in [0.05, 0.1) is 0 Å². The summed E-state index contributed by atoms with van der Waals surface area (Å²) in [6.45, 7) is 6.25. The lowest BCUT2D eigenvalue weighted by Gasteiger charge is -2.22. The summed E-state index contributed by atoms with van der Waals surface area (Å²) >= 11 is 0. The summed E-state index contributed by atoms with van der Waals surface area (Å²) in [6.07, 6.45) is 2.54. The van der Waals surface area contributed by atoms with Gasteiger partial charge >= 0.3 is 0 Å². The fourth-order valence-corrected chi connectivity index (χ4v) is 2.05. The predicted octanol–water partition coefficient (Wildman–Crippen LogP) is 3.38. The van der Waals surface area contributed by atoms with Gasteiger partial charge in [-0.1, -0.05) is 24.6 Å². The molecule has 0 spiro atoms. The van der Waals surface area contributed by atoms with Gasteiger partial charge in [0.15, 0.2) is 0 Å². The molecule has 0 amide bonds. The second-order valence-corrected chi connectivity index (χ2v) is 5.04. The van der Waals surface area contributed by atoms with E-state index < -0.39 is 0 Å². The van der Waals surface area contributed by atoms with Crippen LogP contribution in [0.1, 0.15) is 43.7 Å². The molecule has 1 saturated carbocycles. The zero-order valence-corrected chi connectivity index (χ0v) is 10.3. The van der Waals surface area contributed by atoms with Gasteiger partial charge in [0.25, 0.3) is 0 Å². The van der Waals surface area contributed by atoms with Gasteiger partial charge < -0.3 is 5.32 Å². The van der Waals surface area contributed by atoms with Crippen molar-refractivity contribution < 1.29 is 4.39 Å². The zero-order valence-electron chi connectivity index (χ0n) is 10.3. The second kappa shape index (κ2) is 4.54. The Balaban J connectivity index is 2.11. The Bertz CT molecular complexity index is 371.